The number of nitrogens with zero attached hydrogens (tertiary/aromatic N) is 1. The Morgan fingerprint density at radius 1 is 1.21 bits per heavy atom. The van der Waals surface area contributed by atoms with Gasteiger partial charge in [-0.3, -0.25) is 4.79 Å². The number of hydrogen-bond donors (Lipinski definition) is 1. The first-order valence-corrected chi connectivity index (χ1v) is 7.54. The van der Waals surface area contributed by atoms with Crippen LogP contribution in [0.1, 0.15) is 24.1 Å². The number of carbonyl (C=O) groups excluding carboxylic acids is 1. The van der Waals surface area contributed by atoms with Crippen LogP contribution in [0.5, 0.6) is 11.5 Å². The summed E-state index contributed by atoms with van der Waals surface area (Å²) in [6.07, 6.45) is 1.54. The predicted molar refractivity (Wildman–Crippen MR) is 89.2 cm³/mol. The van der Waals surface area contributed by atoms with E-state index in [1.165, 1.54) is 6.08 Å². The molecule has 0 saturated heterocycles. The molecule has 0 fully saturated rings. The van der Waals surface area contributed by atoms with Gasteiger partial charge in [0.05, 0.1) is 6.04 Å². The van der Waals surface area contributed by atoms with Crippen molar-refractivity contribution < 1.29 is 14.3 Å². The van der Waals surface area contributed by atoms with E-state index in [2.05, 4.69) is 5.32 Å². The Morgan fingerprint density at radius 2 is 1.96 bits per heavy atom. The van der Waals surface area contributed by atoms with Gasteiger partial charge in [0.15, 0.2) is 11.5 Å². The Morgan fingerprint density at radius 3 is 2.71 bits per heavy atom. The maximum Gasteiger partial charge on any atom is 0.262 e. The van der Waals surface area contributed by atoms with Gasteiger partial charge in [0.2, 0.25) is 6.79 Å². The molecule has 5 heteroatoms. The summed E-state index contributed by atoms with van der Waals surface area (Å²) in [5.41, 5.74) is 1.72. The average molecular weight is 320 g/mol. The Balaban J connectivity index is 1.76. The molecule has 0 aromatic heterocycles. The Kier molecular flexibility index (Phi) is 4.48. The highest BCUT2D eigenvalue weighted by Gasteiger charge is 2.16. The average Bonchev–Trinajstić information content (AvgIpc) is 3.08. The van der Waals surface area contributed by atoms with E-state index in [1.54, 1.807) is 18.2 Å². The van der Waals surface area contributed by atoms with E-state index < -0.39 is 5.91 Å². The van der Waals surface area contributed by atoms with E-state index in [4.69, 9.17) is 9.47 Å². The molecule has 0 unspecified atom stereocenters. The van der Waals surface area contributed by atoms with Gasteiger partial charge in [0.1, 0.15) is 11.6 Å². The summed E-state index contributed by atoms with van der Waals surface area (Å²) in [7, 11) is 0. The van der Waals surface area contributed by atoms with Crippen molar-refractivity contribution in [3.05, 3.63) is 65.2 Å². The minimum Gasteiger partial charge on any atom is -0.454 e. The van der Waals surface area contributed by atoms with Crippen LogP contribution in [-0.4, -0.2) is 12.7 Å². The normalized spacial score (nSPS) is 13.9. The molecule has 1 N–H and O–H groups in total. The predicted octanol–water partition coefficient (Wildman–Crippen LogP) is 3.20. The molecule has 0 bridgehead atoms. The summed E-state index contributed by atoms with van der Waals surface area (Å²) >= 11 is 0. The highest BCUT2D eigenvalue weighted by molar-refractivity contribution is 6.01. The lowest BCUT2D eigenvalue weighted by Crippen LogP contribution is -2.27. The highest BCUT2D eigenvalue weighted by Crippen LogP contribution is 2.33. The second-order valence-corrected chi connectivity index (χ2v) is 5.39. The van der Waals surface area contributed by atoms with E-state index in [1.807, 2.05) is 43.3 Å². The van der Waals surface area contributed by atoms with Crippen molar-refractivity contribution in [2.24, 2.45) is 0 Å². The monoisotopic (exact) mass is 320 g/mol. The number of hydrogen-bond acceptors (Lipinski definition) is 4. The van der Waals surface area contributed by atoms with Gasteiger partial charge in [-0.05, 0) is 36.3 Å². The number of benzene rings is 2. The van der Waals surface area contributed by atoms with Crippen molar-refractivity contribution in [1.29, 1.82) is 5.26 Å². The van der Waals surface area contributed by atoms with Gasteiger partial charge in [-0.2, -0.15) is 5.26 Å². The van der Waals surface area contributed by atoms with Crippen molar-refractivity contribution in [2.45, 2.75) is 13.0 Å². The van der Waals surface area contributed by atoms with Crippen LogP contribution in [0.4, 0.5) is 0 Å². The van der Waals surface area contributed by atoms with Crippen LogP contribution < -0.4 is 14.8 Å². The summed E-state index contributed by atoms with van der Waals surface area (Å²) in [5, 5.41) is 12.1. The second kappa shape index (κ2) is 6.88. The molecule has 2 aromatic rings. The van der Waals surface area contributed by atoms with Crippen LogP contribution in [0.15, 0.2) is 54.1 Å². The lowest BCUT2D eigenvalue weighted by atomic mass is 10.1. The number of carbonyl (C=O) groups is 1. The maximum absolute atomic E-state index is 12.3. The van der Waals surface area contributed by atoms with Crippen molar-refractivity contribution >= 4 is 12.0 Å². The minimum absolute atomic E-state index is 0.0386. The molecule has 1 atom stereocenters. The zero-order valence-corrected chi connectivity index (χ0v) is 13.2. The van der Waals surface area contributed by atoms with Crippen molar-refractivity contribution in [3.8, 4) is 17.6 Å². The molecule has 24 heavy (non-hydrogen) atoms. The fourth-order valence-corrected chi connectivity index (χ4v) is 2.42. The first-order valence-electron chi connectivity index (χ1n) is 7.54. The van der Waals surface area contributed by atoms with Gasteiger partial charge in [-0.25, -0.2) is 0 Å². The first-order chi connectivity index (χ1) is 11.7. The molecule has 3 rings (SSSR count). The highest BCUT2D eigenvalue weighted by atomic mass is 16.7. The molecule has 0 saturated carbocycles. The third kappa shape index (κ3) is 3.39. The van der Waals surface area contributed by atoms with Crippen LogP contribution in [0.2, 0.25) is 0 Å². The zero-order valence-electron chi connectivity index (χ0n) is 13.2. The minimum atomic E-state index is -0.411. The molecule has 1 aliphatic heterocycles. The van der Waals surface area contributed by atoms with E-state index in [0.29, 0.717) is 17.1 Å². The quantitative estimate of drug-likeness (QED) is 0.693. The molecule has 0 spiro atoms. The number of fused-ring (bicyclic) bond motifs is 1. The molecule has 1 heterocycles. The lowest BCUT2D eigenvalue weighted by molar-refractivity contribution is -0.117. The SMILES string of the molecule is C[C@H](NC(=O)/C(C#N)=C/c1ccc2c(c1)OCO2)c1ccccc1. The van der Waals surface area contributed by atoms with Crippen LogP contribution in [0.25, 0.3) is 6.08 Å². The van der Waals surface area contributed by atoms with E-state index in [-0.39, 0.29) is 18.4 Å². The lowest BCUT2D eigenvalue weighted by Gasteiger charge is -2.13. The van der Waals surface area contributed by atoms with Crippen molar-refractivity contribution in [3.63, 3.8) is 0 Å². The van der Waals surface area contributed by atoms with Crippen molar-refractivity contribution in [2.75, 3.05) is 6.79 Å². The van der Waals surface area contributed by atoms with Crippen LogP contribution >= 0.6 is 0 Å². The fourth-order valence-electron chi connectivity index (χ4n) is 2.42. The second-order valence-electron chi connectivity index (χ2n) is 5.39. The fraction of sp³-hybridized carbons (Fsp3) is 0.158. The van der Waals surface area contributed by atoms with Gasteiger partial charge in [-0.1, -0.05) is 36.4 Å². The van der Waals surface area contributed by atoms with E-state index in [0.717, 1.165) is 5.56 Å². The largest absolute Gasteiger partial charge is 0.454 e. The third-order valence-corrected chi connectivity index (χ3v) is 3.72. The number of ether oxygens (including phenoxy) is 2. The summed E-state index contributed by atoms with van der Waals surface area (Å²) in [4.78, 5) is 12.3. The van der Waals surface area contributed by atoms with Crippen LogP contribution in [0, 0.1) is 11.3 Å². The molecule has 1 aliphatic rings. The molecule has 2 aromatic carbocycles. The molecular weight excluding hydrogens is 304 g/mol. The molecule has 0 radical (unpaired) electrons. The van der Waals surface area contributed by atoms with Gasteiger partial charge in [-0.15, -0.1) is 0 Å². The zero-order chi connectivity index (χ0) is 16.9. The van der Waals surface area contributed by atoms with Gasteiger partial charge in [0.25, 0.3) is 5.91 Å². The molecule has 1 amide bonds. The van der Waals surface area contributed by atoms with E-state index in [9.17, 15) is 10.1 Å². The summed E-state index contributed by atoms with van der Waals surface area (Å²) in [5.74, 6) is 0.860. The first kappa shape index (κ1) is 15.6. The summed E-state index contributed by atoms with van der Waals surface area (Å²) < 4.78 is 10.5. The van der Waals surface area contributed by atoms with Gasteiger partial charge in [0, 0.05) is 0 Å². The van der Waals surface area contributed by atoms with E-state index >= 15 is 0 Å². The molecular formula is C19H16N2O3. The number of nitrogens with one attached hydrogen (secondary N) is 1. The molecule has 5 nitrogen and oxygen atoms in total. The smallest absolute Gasteiger partial charge is 0.262 e. The van der Waals surface area contributed by atoms with Gasteiger partial charge < -0.3 is 14.8 Å². The molecule has 0 aliphatic carbocycles. The third-order valence-electron chi connectivity index (χ3n) is 3.72. The standard InChI is InChI=1S/C19H16N2O3/c1-13(15-5-3-2-4-6-15)21-19(22)16(11-20)9-14-7-8-17-18(10-14)24-12-23-17/h2-10,13H,12H2,1H3,(H,21,22)/b16-9+/t13-/m0/s1. The number of nitriles is 1. The topological polar surface area (TPSA) is 71.4 Å². The van der Waals surface area contributed by atoms with Crippen LogP contribution in [-0.2, 0) is 4.79 Å². The maximum atomic E-state index is 12.3. The number of rotatable bonds is 4. The summed E-state index contributed by atoms with van der Waals surface area (Å²) in [6, 6.07) is 16.6. The Hall–Kier alpha value is -3.26. The molecule has 120 valence electrons. The van der Waals surface area contributed by atoms with Crippen LogP contribution in [0.3, 0.4) is 0 Å². The Labute approximate surface area is 140 Å². The van der Waals surface area contributed by atoms with Gasteiger partial charge >= 0.3 is 0 Å². The van der Waals surface area contributed by atoms with Crippen molar-refractivity contribution in [1.82, 2.24) is 5.32 Å². The number of amides is 1. The Bertz CT molecular complexity index is 822. The summed E-state index contributed by atoms with van der Waals surface area (Å²) in [6.45, 7) is 2.06.